The van der Waals surface area contributed by atoms with Gasteiger partial charge in [-0.3, -0.25) is 14.3 Å². The molecule has 6 heteroatoms. The Kier molecular flexibility index (Phi) is 5.71. The fourth-order valence-electron chi connectivity index (χ4n) is 3.55. The van der Waals surface area contributed by atoms with E-state index in [1.165, 1.54) is 12.8 Å². The first-order chi connectivity index (χ1) is 12.6. The van der Waals surface area contributed by atoms with E-state index in [4.69, 9.17) is 5.11 Å². The summed E-state index contributed by atoms with van der Waals surface area (Å²) in [5.74, 6) is -1.06. The van der Waals surface area contributed by atoms with E-state index in [-0.39, 0.29) is 18.4 Å². The first kappa shape index (κ1) is 18.2. The summed E-state index contributed by atoms with van der Waals surface area (Å²) in [6.45, 7) is 1.82. The first-order valence-electron chi connectivity index (χ1n) is 9.22. The van der Waals surface area contributed by atoms with E-state index >= 15 is 0 Å². The molecule has 2 N–H and O–H groups in total. The van der Waals surface area contributed by atoms with Gasteiger partial charge in [-0.15, -0.1) is 0 Å². The SMILES string of the molecule is CC(CCC(=O)O)NC(=O)c1cnn(C2CCCC2)c1-c1ccccc1. The zero-order valence-electron chi connectivity index (χ0n) is 15.0. The lowest BCUT2D eigenvalue weighted by Crippen LogP contribution is -2.33. The number of amides is 1. The van der Waals surface area contributed by atoms with Gasteiger partial charge in [0.15, 0.2) is 0 Å². The van der Waals surface area contributed by atoms with Gasteiger partial charge in [-0.05, 0) is 26.2 Å². The van der Waals surface area contributed by atoms with Crippen molar-refractivity contribution in [1.29, 1.82) is 0 Å². The van der Waals surface area contributed by atoms with Crippen molar-refractivity contribution in [3.05, 3.63) is 42.1 Å². The molecule has 0 spiro atoms. The lowest BCUT2D eigenvalue weighted by molar-refractivity contribution is -0.137. The van der Waals surface area contributed by atoms with E-state index in [0.29, 0.717) is 18.0 Å². The topological polar surface area (TPSA) is 84.2 Å². The molecule has 3 rings (SSSR count). The molecule has 1 unspecified atom stereocenters. The average Bonchev–Trinajstić information content (AvgIpc) is 3.29. The van der Waals surface area contributed by atoms with Crippen LogP contribution in [0.25, 0.3) is 11.3 Å². The molecule has 1 heterocycles. The van der Waals surface area contributed by atoms with Crippen LogP contribution in [0.5, 0.6) is 0 Å². The minimum Gasteiger partial charge on any atom is -0.481 e. The molecule has 0 aliphatic heterocycles. The van der Waals surface area contributed by atoms with Crippen molar-refractivity contribution in [1.82, 2.24) is 15.1 Å². The number of carboxylic acid groups (broad SMARTS) is 1. The fraction of sp³-hybridized carbons (Fsp3) is 0.450. The van der Waals surface area contributed by atoms with Crippen molar-refractivity contribution in [2.75, 3.05) is 0 Å². The summed E-state index contributed by atoms with van der Waals surface area (Å²) in [4.78, 5) is 23.5. The first-order valence-corrected chi connectivity index (χ1v) is 9.22. The molecule has 0 bridgehead atoms. The van der Waals surface area contributed by atoms with E-state index in [9.17, 15) is 9.59 Å². The predicted octanol–water partition coefficient (Wildman–Crippen LogP) is 3.65. The molecule has 1 fully saturated rings. The molecule has 1 atom stereocenters. The largest absolute Gasteiger partial charge is 0.481 e. The van der Waals surface area contributed by atoms with Gasteiger partial charge in [0.2, 0.25) is 0 Å². The van der Waals surface area contributed by atoms with Gasteiger partial charge < -0.3 is 10.4 Å². The number of carbonyl (C=O) groups excluding carboxylic acids is 1. The van der Waals surface area contributed by atoms with Crippen molar-refractivity contribution >= 4 is 11.9 Å². The Morgan fingerprint density at radius 2 is 1.96 bits per heavy atom. The third kappa shape index (κ3) is 4.12. The predicted molar refractivity (Wildman–Crippen MR) is 99.0 cm³/mol. The summed E-state index contributed by atoms with van der Waals surface area (Å²) in [6.07, 6.45) is 6.61. The maximum absolute atomic E-state index is 12.8. The number of carbonyl (C=O) groups is 2. The second kappa shape index (κ2) is 8.17. The third-order valence-corrected chi connectivity index (χ3v) is 4.93. The van der Waals surface area contributed by atoms with Gasteiger partial charge in [0, 0.05) is 18.0 Å². The van der Waals surface area contributed by atoms with Crippen molar-refractivity contribution < 1.29 is 14.7 Å². The van der Waals surface area contributed by atoms with Crippen LogP contribution in [-0.4, -0.2) is 32.8 Å². The minimum absolute atomic E-state index is 0.0360. The van der Waals surface area contributed by atoms with Crippen molar-refractivity contribution in [2.45, 2.75) is 57.5 Å². The number of aliphatic carboxylic acids is 1. The second-order valence-electron chi connectivity index (χ2n) is 6.96. The normalized spacial score (nSPS) is 15.7. The van der Waals surface area contributed by atoms with Crippen LogP contribution in [-0.2, 0) is 4.79 Å². The summed E-state index contributed by atoms with van der Waals surface area (Å²) in [6, 6.07) is 9.97. The summed E-state index contributed by atoms with van der Waals surface area (Å²) in [7, 11) is 0. The van der Waals surface area contributed by atoms with Crippen molar-refractivity contribution in [3.63, 3.8) is 0 Å². The highest BCUT2D eigenvalue weighted by Gasteiger charge is 2.26. The van der Waals surface area contributed by atoms with Crippen LogP contribution in [0.2, 0.25) is 0 Å². The van der Waals surface area contributed by atoms with Gasteiger partial charge in [0.05, 0.1) is 23.5 Å². The Hall–Kier alpha value is -2.63. The van der Waals surface area contributed by atoms with Crippen LogP contribution in [0.4, 0.5) is 0 Å². The zero-order chi connectivity index (χ0) is 18.5. The highest BCUT2D eigenvalue weighted by molar-refractivity contribution is 6.00. The van der Waals surface area contributed by atoms with E-state index < -0.39 is 5.97 Å². The Morgan fingerprint density at radius 1 is 1.27 bits per heavy atom. The van der Waals surface area contributed by atoms with Crippen LogP contribution in [0.1, 0.15) is 61.8 Å². The molecule has 1 aromatic carbocycles. The minimum atomic E-state index is -0.856. The highest BCUT2D eigenvalue weighted by Crippen LogP contribution is 2.34. The maximum Gasteiger partial charge on any atom is 0.303 e. The molecule has 26 heavy (non-hydrogen) atoms. The molecule has 0 saturated heterocycles. The highest BCUT2D eigenvalue weighted by atomic mass is 16.4. The Labute approximate surface area is 153 Å². The standard InChI is InChI=1S/C20H25N3O3/c1-14(11-12-18(24)25)22-20(26)17-13-21-23(16-9-5-6-10-16)19(17)15-7-3-2-4-8-15/h2-4,7-8,13-14,16H,5-6,9-12H2,1H3,(H,22,26)(H,24,25). The number of nitrogens with one attached hydrogen (secondary N) is 1. The number of nitrogens with zero attached hydrogens (tertiary/aromatic N) is 2. The molecule has 1 saturated carbocycles. The van der Waals surface area contributed by atoms with Gasteiger partial charge in [-0.2, -0.15) is 5.10 Å². The summed E-state index contributed by atoms with van der Waals surface area (Å²) in [5.41, 5.74) is 2.37. The number of carboxylic acids is 1. The number of benzene rings is 1. The van der Waals surface area contributed by atoms with Gasteiger partial charge in [-0.25, -0.2) is 0 Å². The van der Waals surface area contributed by atoms with Gasteiger partial charge >= 0.3 is 5.97 Å². The maximum atomic E-state index is 12.8. The van der Waals surface area contributed by atoms with Crippen LogP contribution >= 0.6 is 0 Å². The van der Waals surface area contributed by atoms with E-state index in [1.54, 1.807) is 6.20 Å². The molecule has 138 valence electrons. The number of aromatic nitrogens is 2. The molecule has 1 aliphatic rings. The molecule has 2 aromatic rings. The molecule has 6 nitrogen and oxygen atoms in total. The molecule has 1 aromatic heterocycles. The molecule has 1 aliphatic carbocycles. The van der Waals surface area contributed by atoms with Crippen LogP contribution in [0, 0.1) is 0 Å². The van der Waals surface area contributed by atoms with Crippen LogP contribution in [0.15, 0.2) is 36.5 Å². The third-order valence-electron chi connectivity index (χ3n) is 4.93. The summed E-state index contributed by atoms with van der Waals surface area (Å²) >= 11 is 0. The van der Waals surface area contributed by atoms with Crippen LogP contribution < -0.4 is 5.32 Å². The fourth-order valence-corrected chi connectivity index (χ4v) is 3.55. The molecular weight excluding hydrogens is 330 g/mol. The Balaban J connectivity index is 1.86. The van der Waals surface area contributed by atoms with Crippen molar-refractivity contribution in [3.8, 4) is 11.3 Å². The number of hydrogen-bond donors (Lipinski definition) is 2. The van der Waals surface area contributed by atoms with E-state index in [1.807, 2.05) is 41.9 Å². The quantitative estimate of drug-likeness (QED) is 0.794. The van der Waals surface area contributed by atoms with Gasteiger partial charge in [-0.1, -0.05) is 43.2 Å². The van der Waals surface area contributed by atoms with Crippen LogP contribution in [0.3, 0.4) is 0 Å². The van der Waals surface area contributed by atoms with Crippen molar-refractivity contribution in [2.24, 2.45) is 0 Å². The second-order valence-corrected chi connectivity index (χ2v) is 6.96. The molecule has 0 radical (unpaired) electrons. The Morgan fingerprint density at radius 3 is 2.62 bits per heavy atom. The van der Waals surface area contributed by atoms with Gasteiger partial charge in [0.1, 0.15) is 0 Å². The summed E-state index contributed by atoms with van der Waals surface area (Å²) in [5, 5.41) is 16.3. The molecule has 1 amide bonds. The van der Waals surface area contributed by atoms with E-state index in [0.717, 1.165) is 24.1 Å². The monoisotopic (exact) mass is 355 g/mol. The lowest BCUT2D eigenvalue weighted by atomic mass is 10.1. The molecular formula is C20H25N3O3. The average molecular weight is 355 g/mol. The Bertz CT molecular complexity index is 764. The number of rotatable bonds is 7. The van der Waals surface area contributed by atoms with E-state index in [2.05, 4.69) is 10.4 Å². The lowest BCUT2D eigenvalue weighted by Gasteiger charge is -2.17. The zero-order valence-corrected chi connectivity index (χ0v) is 15.0. The smallest absolute Gasteiger partial charge is 0.303 e. The number of hydrogen-bond acceptors (Lipinski definition) is 3. The van der Waals surface area contributed by atoms with Gasteiger partial charge in [0.25, 0.3) is 5.91 Å². The summed E-state index contributed by atoms with van der Waals surface area (Å²) < 4.78 is 2.00.